The van der Waals surface area contributed by atoms with E-state index in [4.69, 9.17) is 0 Å². The summed E-state index contributed by atoms with van der Waals surface area (Å²) < 4.78 is 0. The van der Waals surface area contributed by atoms with E-state index in [1.165, 1.54) is 11.1 Å². The molecule has 3 nitrogen and oxygen atoms in total. The molecule has 0 saturated carbocycles. The molecular formula is C13H15N3. The maximum atomic E-state index is 3.97. The number of rotatable bonds is 5. The second-order valence-corrected chi connectivity index (χ2v) is 3.55. The lowest BCUT2D eigenvalue weighted by atomic mass is 10.2. The first-order valence-corrected chi connectivity index (χ1v) is 5.34. The number of hydrogen-bond acceptors (Lipinski definition) is 3. The maximum Gasteiger partial charge on any atom is 0.0352 e. The van der Waals surface area contributed by atoms with Crippen molar-refractivity contribution in [3.8, 4) is 0 Å². The van der Waals surface area contributed by atoms with E-state index in [0.717, 1.165) is 13.1 Å². The van der Waals surface area contributed by atoms with Crippen molar-refractivity contribution >= 4 is 0 Å². The monoisotopic (exact) mass is 213 g/mol. The SMILES string of the molecule is c1ccc(CNNCc2ccncc2)cc1. The Morgan fingerprint density at radius 2 is 1.31 bits per heavy atom. The molecule has 2 rings (SSSR count). The van der Waals surface area contributed by atoms with Gasteiger partial charge < -0.3 is 0 Å². The van der Waals surface area contributed by atoms with Crippen molar-refractivity contribution in [2.24, 2.45) is 0 Å². The van der Waals surface area contributed by atoms with Crippen molar-refractivity contribution in [1.29, 1.82) is 0 Å². The van der Waals surface area contributed by atoms with Crippen LogP contribution in [0.1, 0.15) is 11.1 Å². The summed E-state index contributed by atoms with van der Waals surface area (Å²) in [6.07, 6.45) is 3.60. The quantitative estimate of drug-likeness (QED) is 0.588. The fraction of sp³-hybridized carbons (Fsp3) is 0.154. The van der Waals surface area contributed by atoms with Gasteiger partial charge in [0.05, 0.1) is 0 Å². The van der Waals surface area contributed by atoms with Gasteiger partial charge in [-0.2, -0.15) is 0 Å². The third-order valence-corrected chi connectivity index (χ3v) is 2.30. The van der Waals surface area contributed by atoms with Gasteiger partial charge in [-0.05, 0) is 23.3 Å². The first kappa shape index (κ1) is 10.8. The largest absolute Gasteiger partial charge is 0.265 e. The van der Waals surface area contributed by atoms with Crippen LogP contribution >= 0.6 is 0 Å². The molecule has 0 saturated heterocycles. The predicted octanol–water partition coefficient (Wildman–Crippen LogP) is 1.88. The highest BCUT2D eigenvalue weighted by molar-refractivity contribution is 5.14. The Hall–Kier alpha value is -1.71. The average Bonchev–Trinajstić information content (AvgIpc) is 2.37. The van der Waals surface area contributed by atoms with Gasteiger partial charge in [-0.1, -0.05) is 30.3 Å². The van der Waals surface area contributed by atoms with Gasteiger partial charge in [0.2, 0.25) is 0 Å². The summed E-state index contributed by atoms with van der Waals surface area (Å²) in [6, 6.07) is 14.3. The molecule has 1 heterocycles. The number of benzene rings is 1. The summed E-state index contributed by atoms with van der Waals surface area (Å²) in [4.78, 5) is 3.97. The summed E-state index contributed by atoms with van der Waals surface area (Å²) >= 11 is 0. The lowest BCUT2D eigenvalue weighted by Gasteiger charge is -2.06. The van der Waals surface area contributed by atoms with Gasteiger partial charge in [-0.15, -0.1) is 0 Å². The first-order valence-electron chi connectivity index (χ1n) is 5.34. The van der Waals surface area contributed by atoms with E-state index >= 15 is 0 Å². The molecule has 0 aliphatic heterocycles. The van der Waals surface area contributed by atoms with Gasteiger partial charge in [0.15, 0.2) is 0 Å². The van der Waals surface area contributed by atoms with E-state index in [2.05, 4.69) is 28.0 Å². The van der Waals surface area contributed by atoms with E-state index in [0.29, 0.717) is 0 Å². The third-order valence-electron chi connectivity index (χ3n) is 2.30. The molecule has 0 spiro atoms. The van der Waals surface area contributed by atoms with Crippen molar-refractivity contribution in [3.05, 3.63) is 66.0 Å². The molecular weight excluding hydrogens is 198 g/mol. The van der Waals surface area contributed by atoms with Crippen LogP contribution in [0, 0.1) is 0 Å². The van der Waals surface area contributed by atoms with E-state index in [9.17, 15) is 0 Å². The fourth-order valence-corrected chi connectivity index (χ4v) is 1.43. The van der Waals surface area contributed by atoms with Crippen molar-refractivity contribution in [1.82, 2.24) is 15.8 Å². The molecule has 1 aromatic heterocycles. The highest BCUT2D eigenvalue weighted by atomic mass is 15.3. The van der Waals surface area contributed by atoms with E-state index in [1.807, 2.05) is 30.3 Å². The maximum absolute atomic E-state index is 3.97. The molecule has 1 aromatic carbocycles. The van der Waals surface area contributed by atoms with Crippen LogP contribution in [0.25, 0.3) is 0 Å². The van der Waals surface area contributed by atoms with Crippen LogP contribution < -0.4 is 10.9 Å². The van der Waals surface area contributed by atoms with Gasteiger partial charge in [0.25, 0.3) is 0 Å². The minimum atomic E-state index is 0.801. The molecule has 3 heteroatoms. The molecule has 0 radical (unpaired) electrons. The molecule has 16 heavy (non-hydrogen) atoms. The van der Waals surface area contributed by atoms with Crippen LogP contribution in [0.15, 0.2) is 54.9 Å². The van der Waals surface area contributed by atoms with Gasteiger partial charge in [0, 0.05) is 25.5 Å². The number of nitrogens with one attached hydrogen (secondary N) is 2. The predicted molar refractivity (Wildman–Crippen MR) is 64.4 cm³/mol. The molecule has 0 bridgehead atoms. The number of hydrogen-bond donors (Lipinski definition) is 2. The summed E-state index contributed by atoms with van der Waals surface area (Å²) in [5.74, 6) is 0. The number of hydrazine groups is 1. The van der Waals surface area contributed by atoms with Crippen LogP contribution in [0.5, 0.6) is 0 Å². The lowest BCUT2D eigenvalue weighted by molar-refractivity contribution is 0.529. The lowest BCUT2D eigenvalue weighted by Crippen LogP contribution is -2.30. The molecule has 0 amide bonds. The molecule has 0 unspecified atom stereocenters. The zero-order valence-electron chi connectivity index (χ0n) is 9.06. The summed E-state index contributed by atoms with van der Waals surface area (Å²) in [5.41, 5.74) is 8.84. The molecule has 2 N–H and O–H groups in total. The van der Waals surface area contributed by atoms with E-state index in [1.54, 1.807) is 12.4 Å². The van der Waals surface area contributed by atoms with Crippen LogP contribution in [-0.2, 0) is 13.1 Å². The van der Waals surface area contributed by atoms with Crippen molar-refractivity contribution in [3.63, 3.8) is 0 Å². The smallest absolute Gasteiger partial charge is 0.0352 e. The van der Waals surface area contributed by atoms with Crippen molar-refractivity contribution < 1.29 is 0 Å². The van der Waals surface area contributed by atoms with E-state index in [-0.39, 0.29) is 0 Å². The third kappa shape index (κ3) is 3.46. The highest BCUT2D eigenvalue weighted by Gasteiger charge is 1.91. The zero-order chi connectivity index (χ0) is 11.1. The molecule has 82 valence electrons. The minimum Gasteiger partial charge on any atom is -0.265 e. The van der Waals surface area contributed by atoms with Crippen molar-refractivity contribution in [2.45, 2.75) is 13.1 Å². The fourth-order valence-electron chi connectivity index (χ4n) is 1.43. The zero-order valence-corrected chi connectivity index (χ0v) is 9.06. The summed E-state index contributed by atoms with van der Waals surface area (Å²) in [5, 5.41) is 0. The number of aromatic nitrogens is 1. The van der Waals surface area contributed by atoms with Gasteiger partial charge in [0.1, 0.15) is 0 Å². The minimum absolute atomic E-state index is 0.801. The Labute approximate surface area is 95.5 Å². The Morgan fingerprint density at radius 1 is 0.750 bits per heavy atom. The number of nitrogens with zero attached hydrogens (tertiary/aromatic N) is 1. The second kappa shape index (κ2) is 6.00. The summed E-state index contributed by atoms with van der Waals surface area (Å²) in [7, 11) is 0. The van der Waals surface area contributed by atoms with Crippen LogP contribution in [0.4, 0.5) is 0 Å². The Bertz CT molecular complexity index is 359. The second-order valence-electron chi connectivity index (χ2n) is 3.55. The molecule has 0 aliphatic rings. The first-order chi connectivity index (χ1) is 7.95. The van der Waals surface area contributed by atoms with Gasteiger partial charge in [-0.25, -0.2) is 0 Å². The molecule has 0 fully saturated rings. The van der Waals surface area contributed by atoms with Crippen molar-refractivity contribution in [2.75, 3.05) is 0 Å². The Morgan fingerprint density at radius 3 is 1.94 bits per heavy atom. The number of pyridine rings is 1. The topological polar surface area (TPSA) is 37.0 Å². The van der Waals surface area contributed by atoms with Crippen LogP contribution in [0.2, 0.25) is 0 Å². The molecule has 0 aliphatic carbocycles. The Kier molecular flexibility index (Phi) is 4.05. The molecule has 0 atom stereocenters. The van der Waals surface area contributed by atoms with Gasteiger partial charge in [-0.3, -0.25) is 15.8 Å². The highest BCUT2D eigenvalue weighted by Crippen LogP contribution is 1.97. The standard InChI is InChI=1S/C13H15N3/c1-2-4-12(5-3-1)10-15-16-11-13-6-8-14-9-7-13/h1-9,15-16H,10-11H2. The summed E-state index contributed by atoms with van der Waals surface area (Å²) in [6.45, 7) is 1.63. The van der Waals surface area contributed by atoms with Crippen LogP contribution in [-0.4, -0.2) is 4.98 Å². The van der Waals surface area contributed by atoms with Crippen LogP contribution in [0.3, 0.4) is 0 Å². The Balaban J connectivity index is 1.70. The average molecular weight is 213 g/mol. The molecule has 2 aromatic rings. The van der Waals surface area contributed by atoms with E-state index < -0.39 is 0 Å². The normalized spacial score (nSPS) is 10.2. The van der Waals surface area contributed by atoms with Gasteiger partial charge >= 0.3 is 0 Å².